The Morgan fingerprint density at radius 2 is 1.31 bits per heavy atom. The molecule has 4 fully saturated rings. The van der Waals surface area contributed by atoms with E-state index in [-0.39, 0.29) is 88.4 Å². The largest absolute Gasteiger partial charge is 0.462 e. The van der Waals surface area contributed by atoms with Crippen molar-refractivity contribution in [2.75, 3.05) is 119 Å². The molecule has 12 rings (SSSR count). The van der Waals surface area contributed by atoms with E-state index >= 15 is 0 Å². The highest BCUT2D eigenvalue weighted by molar-refractivity contribution is 7.59. The van der Waals surface area contributed by atoms with Gasteiger partial charge in [0.1, 0.15) is 37.2 Å². The Hall–Kier alpha value is -7.84. The van der Waals surface area contributed by atoms with Gasteiger partial charge in [-0.1, -0.05) is 50.8 Å². The van der Waals surface area contributed by atoms with Crippen LogP contribution in [-0.2, 0) is 35.5 Å². The molecule has 0 aliphatic carbocycles. The molecule has 0 saturated carbocycles. The van der Waals surface area contributed by atoms with Crippen LogP contribution in [0.4, 0.5) is 36.2 Å². The number of carbonyl (C=O) groups is 2. The lowest BCUT2D eigenvalue weighted by atomic mass is 9.91. The summed E-state index contributed by atoms with van der Waals surface area (Å²) in [6.45, 7) is 22.1. The monoisotopic (exact) mass is 1310 g/mol. The first kappa shape index (κ1) is 69.5. The lowest BCUT2D eigenvalue weighted by Gasteiger charge is -2.42. The molecule has 3 aromatic carbocycles. The predicted molar refractivity (Wildman–Crippen MR) is 366 cm³/mol. The molecule has 1 unspecified atom stereocenters. The quantitative estimate of drug-likeness (QED) is 0.0952. The first-order chi connectivity index (χ1) is 43.6. The summed E-state index contributed by atoms with van der Waals surface area (Å²) in [5.41, 5.74) is 9.65. The molecular weight excluding hydrogens is 1230 g/mol. The minimum atomic E-state index is -1.28. The maximum atomic E-state index is 14.8. The number of ether oxygens (including phenoxy) is 2. The Balaban J connectivity index is 0.000000215. The number of anilines is 4. The van der Waals surface area contributed by atoms with Gasteiger partial charge in [-0.05, 0) is 107 Å². The summed E-state index contributed by atoms with van der Waals surface area (Å²) in [5.74, 6) is -0.559. The number of halogens is 3. The van der Waals surface area contributed by atoms with Gasteiger partial charge in [0.15, 0.2) is 5.83 Å². The normalized spacial score (nSPS) is 22.1. The molecule has 6 aromatic rings. The summed E-state index contributed by atoms with van der Waals surface area (Å²) < 4.78 is 53.9. The van der Waals surface area contributed by atoms with Crippen molar-refractivity contribution in [3.05, 3.63) is 112 Å². The fourth-order valence-electron chi connectivity index (χ4n) is 14.7. The van der Waals surface area contributed by atoms with Crippen molar-refractivity contribution in [3.63, 3.8) is 0 Å². The molecule has 4 saturated heterocycles. The molecule has 3 aromatic heterocycles. The lowest BCUT2D eigenvalue weighted by Crippen LogP contribution is -2.55. The van der Waals surface area contributed by atoms with Gasteiger partial charge in [-0.2, -0.15) is 62.5 Å². The molecule has 1 N–H and O–H groups in total. The van der Waals surface area contributed by atoms with Crippen LogP contribution >= 0.6 is 27.0 Å². The topological polar surface area (TPSA) is 206 Å². The fraction of sp³-hybridized carbons (Fsp3) is 0.515. The molecule has 2 amide bonds. The number of aromatic amines is 1. The zero-order valence-corrected chi connectivity index (χ0v) is 56.6. The molecular formula is C68H87F3N16O4S2. The molecule has 496 valence electrons. The van der Waals surface area contributed by atoms with Crippen LogP contribution in [0.25, 0.3) is 21.7 Å². The molecule has 0 bridgehead atoms. The smallest absolute Gasteiger partial charge is 0.318 e. The van der Waals surface area contributed by atoms with Crippen LogP contribution < -0.4 is 29.1 Å². The van der Waals surface area contributed by atoms with E-state index in [9.17, 15) is 33.3 Å². The number of piperazine rings is 2. The van der Waals surface area contributed by atoms with Crippen LogP contribution in [0.15, 0.2) is 73.2 Å². The molecule has 25 heteroatoms. The number of benzene rings is 3. The summed E-state index contributed by atoms with van der Waals surface area (Å²) >= 11 is 0. The van der Waals surface area contributed by atoms with Crippen molar-refractivity contribution in [3.8, 4) is 24.2 Å². The molecule has 6 aliphatic heterocycles. The second kappa shape index (κ2) is 29.2. The second-order valence-corrected chi connectivity index (χ2v) is 26.5. The number of aryl methyl sites for hydroxylation is 2. The summed E-state index contributed by atoms with van der Waals surface area (Å²) in [6, 6.07) is 19.2. The number of fused-ring (bicyclic) bond motifs is 4. The number of aromatic nitrogens is 6. The van der Waals surface area contributed by atoms with Crippen LogP contribution in [-0.4, -0.2) is 191 Å². The highest BCUT2D eigenvalue weighted by Gasteiger charge is 2.41. The Morgan fingerprint density at radius 3 is 1.88 bits per heavy atom. The van der Waals surface area contributed by atoms with Gasteiger partial charge in [0, 0.05) is 118 Å². The Labute approximate surface area is 557 Å². The van der Waals surface area contributed by atoms with E-state index in [0.29, 0.717) is 77.8 Å². The number of likely N-dealkylation sites (N-methyl/N-ethyl adjacent to an activating group) is 2. The number of hydrogen-bond donors (Lipinski definition) is 1. The Morgan fingerprint density at radius 1 is 0.742 bits per heavy atom. The van der Waals surface area contributed by atoms with Crippen LogP contribution in [0.2, 0.25) is 0 Å². The van der Waals surface area contributed by atoms with Crippen LogP contribution in [0.3, 0.4) is 0 Å². The van der Waals surface area contributed by atoms with Crippen LogP contribution in [0, 0.1) is 48.8 Å². The maximum Gasteiger partial charge on any atom is 0.318 e. The minimum absolute atomic E-state index is 0. The number of likely N-dealkylation sites (tertiary alicyclic amines) is 2. The number of nitrogens with zero attached hydrogens (tertiary/aromatic N) is 15. The summed E-state index contributed by atoms with van der Waals surface area (Å²) in [7, 11) is 4.03. The third-order valence-electron chi connectivity index (χ3n) is 19.1. The van der Waals surface area contributed by atoms with Crippen molar-refractivity contribution >= 4 is 83.5 Å². The number of nitriles is 2. The third kappa shape index (κ3) is 15.1. The average molecular weight is 1310 g/mol. The van der Waals surface area contributed by atoms with E-state index in [0.717, 1.165) is 83.2 Å². The van der Waals surface area contributed by atoms with Crippen LogP contribution in [0.5, 0.6) is 12.0 Å². The van der Waals surface area contributed by atoms with Crippen molar-refractivity contribution in [2.45, 2.75) is 123 Å². The van der Waals surface area contributed by atoms with E-state index in [1.54, 1.807) is 11.8 Å². The van der Waals surface area contributed by atoms with Gasteiger partial charge in [0.2, 0.25) is 5.91 Å². The van der Waals surface area contributed by atoms with Gasteiger partial charge in [0.25, 0.3) is 5.91 Å². The number of carbonyl (C=O) groups excluding carboxylic acids is 2. The van der Waals surface area contributed by atoms with Gasteiger partial charge in [-0.25, -0.2) is 13.2 Å². The van der Waals surface area contributed by atoms with Crippen molar-refractivity contribution in [1.82, 2.24) is 49.7 Å². The number of nitrogens with one attached hydrogen (secondary N) is 1. The van der Waals surface area contributed by atoms with Crippen molar-refractivity contribution < 1.29 is 32.2 Å². The van der Waals surface area contributed by atoms with Gasteiger partial charge in [-0.15, -0.1) is 0 Å². The van der Waals surface area contributed by atoms with E-state index in [1.807, 2.05) is 18.1 Å². The average Bonchev–Trinajstić information content (AvgIpc) is 2.02. The van der Waals surface area contributed by atoms with Crippen LogP contribution in [0.1, 0.15) is 85.7 Å². The van der Waals surface area contributed by atoms with Gasteiger partial charge in [0.05, 0.1) is 78.9 Å². The molecule has 5 atom stereocenters. The predicted octanol–water partition coefficient (Wildman–Crippen LogP) is 9.05. The fourth-order valence-corrected chi connectivity index (χ4v) is 14.7. The first-order valence-corrected chi connectivity index (χ1v) is 31.6. The van der Waals surface area contributed by atoms with Gasteiger partial charge < -0.3 is 38.9 Å². The van der Waals surface area contributed by atoms with Crippen molar-refractivity contribution in [1.29, 1.82) is 10.5 Å². The van der Waals surface area contributed by atoms with E-state index in [4.69, 9.17) is 29.4 Å². The second-order valence-electron chi connectivity index (χ2n) is 26.5. The van der Waals surface area contributed by atoms with Crippen molar-refractivity contribution in [2.24, 2.45) is 5.41 Å². The molecule has 0 radical (unpaired) electrons. The van der Waals surface area contributed by atoms with E-state index in [1.165, 1.54) is 50.2 Å². The SMILES string of the molecule is C=C(F)C(=O)N1CCN(c2nc(OC[C@@H]3CC(C)(C)CN3C)nc3c2CCN(c2cccc4cccc(C)c24)C3)C[C@@H]1CC#N.Cc1cc2[nH]ncc2c(N2CCc3c(nc(OC[C@@H]4CC(C)(F)CN4C)nc3N3CCN(C(=O)/C=C/CF)[C@@H](CC#N)C3)C2)c1C.S.S. The third-order valence-corrected chi connectivity index (χ3v) is 19.1. The maximum absolute atomic E-state index is 14.8. The number of amides is 2. The Kier molecular flexibility index (Phi) is 21.8. The molecule has 0 spiro atoms. The number of rotatable bonds is 15. The number of hydrogen-bond acceptors (Lipinski definition) is 17. The van der Waals surface area contributed by atoms with Gasteiger partial charge in [-0.3, -0.25) is 24.5 Å². The molecule has 20 nitrogen and oxygen atoms in total. The summed E-state index contributed by atoms with van der Waals surface area (Å²) in [6.07, 6.45) is 7.33. The number of allylic oxidation sites excluding steroid dienone is 1. The van der Waals surface area contributed by atoms with E-state index < -0.39 is 30.1 Å². The molecule has 6 aliphatic rings. The van der Waals surface area contributed by atoms with Gasteiger partial charge >= 0.3 is 12.0 Å². The first-order valence-electron chi connectivity index (χ1n) is 31.6. The standard InChI is InChI=1S/C35H42FN7O2.C33H41F2N9O2.2H2S/c1-23-8-6-9-25-10-7-11-30(31(23)25)41-15-13-28-29(20-41)38-34(45-21-27-18-35(3,4)22-40(27)5)39-32(28)42-16-17-43(33(44)24(2)36)26(19-42)12-14-37;1-21-14-27-26(16-37-40-27)30(22(21)2)42-11-8-25-28(18-42)38-32(46-19-24-15-33(3,35)20-41(24)4)39-31(25)43-12-13-44(23(17-43)7-10-36)29(45)6-5-9-34;;/h6-11,26-27H,2,12-13,15-22H2,1,3-5H3;5-6,14,16,23-24H,7-9,11-13,15,17-20H2,1-4H3,(H,37,40);2*1H2/b;6-5+;;/t26-,27-;23-,24-,33?;;/m00../s1. The molecule has 93 heavy (non-hydrogen) atoms. The minimum Gasteiger partial charge on any atom is -0.462 e. The zero-order valence-electron chi connectivity index (χ0n) is 54.6. The number of H-pyrrole nitrogens is 1. The zero-order chi connectivity index (χ0) is 64.5. The Bertz CT molecular complexity index is 3850. The summed E-state index contributed by atoms with van der Waals surface area (Å²) in [4.78, 5) is 61.5. The summed E-state index contributed by atoms with van der Waals surface area (Å²) in [5, 5.41) is 30.0. The molecule has 9 heterocycles. The lowest BCUT2D eigenvalue weighted by molar-refractivity contribution is -0.131. The number of alkyl halides is 2. The highest BCUT2D eigenvalue weighted by Crippen LogP contribution is 2.40. The highest BCUT2D eigenvalue weighted by atomic mass is 32.1. The van der Waals surface area contributed by atoms with E-state index in [2.05, 4.69) is 138 Å².